The van der Waals surface area contributed by atoms with Crippen LogP contribution in [0.25, 0.3) is 22.4 Å². The number of hydrogen-bond donors (Lipinski definition) is 4. The van der Waals surface area contributed by atoms with Crippen molar-refractivity contribution in [3.8, 4) is 22.4 Å². The van der Waals surface area contributed by atoms with Gasteiger partial charge in [0.25, 0.3) is 0 Å². The maximum absolute atomic E-state index is 11.0. The smallest absolute Gasteiger partial charge is 0.243 e. The molecule has 6 N–H and O–H groups in total. The van der Waals surface area contributed by atoms with E-state index < -0.39 is 0 Å². The highest BCUT2D eigenvalue weighted by Gasteiger charge is 2.13. The van der Waals surface area contributed by atoms with Gasteiger partial charge in [0.05, 0.1) is 11.9 Å². The first-order valence-electron chi connectivity index (χ1n) is 10.4. The molecule has 10 nitrogen and oxygen atoms in total. The van der Waals surface area contributed by atoms with E-state index >= 15 is 0 Å². The Morgan fingerprint density at radius 3 is 2.48 bits per heavy atom. The number of benzene rings is 1. The van der Waals surface area contributed by atoms with Crippen molar-refractivity contribution < 1.29 is 10.0 Å². The number of nitrogen functional groups attached to an aromatic ring is 2. The number of carbonyl (C=O) groups excluding carboxylic acids is 1. The molecule has 0 spiro atoms. The summed E-state index contributed by atoms with van der Waals surface area (Å²) in [5, 5.41) is 16.9. The zero-order chi connectivity index (χ0) is 22.2. The number of amides is 1. The van der Waals surface area contributed by atoms with E-state index in [-0.39, 0.29) is 11.9 Å². The van der Waals surface area contributed by atoms with Gasteiger partial charge in [-0.15, -0.1) is 5.10 Å². The van der Waals surface area contributed by atoms with Crippen LogP contribution in [0.15, 0.2) is 30.5 Å². The van der Waals surface area contributed by atoms with Crippen molar-refractivity contribution >= 4 is 17.7 Å². The highest BCUT2D eigenvalue weighted by molar-refractivity contribution is 5.78. The molecule has 2 aromatic heterocycles. The van der Waals surface area contributed by atoms with Gasteiger partial charge in [-0.25, -0.2) is 10.5 Å². The largest absolute Gasteiger partial charge is 0.383 e. The molecule has 0 radical (unpaired) electrons. The molecule has 0 fully saturated rings. The van der Waals surface area contributed by atoms with Crippen molar-refractivity contribution in [2.45, 2.75) is 52.0 Å². The minimum atomic E-state index is -0.343. The summed E-state index contributed by atoms with van der Waals surface area (Å²) in [6.07, 6.45) is 6.57. The second-order valence-corrected chi connectivity index (χ2v) is 7.29. The second-order valence-electron chi connectivity index (χ2n) is 7.29. The average Bonchev–Trinajstić information content (AvgIpc) is 3.24. The Kier molecular flexibility index (Phi) is 7.50. The predicted octanol–water partition coefficient (Wildman–Crippen LogP) is 2.58. The third kappa shape index (κ3) is 5.76. The topological polar surface area (TPSA) is 158 Å². The number of nitrogens with two attached hydrogens (primary N) is 2. The van der Waals surface area contributed by atoms with Crippen LogP contribution in [0.4, 0.5) is 11.8 Å². The molecule has 0 aliphatic heterocycles. The first-order chi connectivity index (χ1) is 15.0. The van der Waals surface area contributed by atoms with Gasteiger partial charge in [0.2, 0.25) is 11.9 Å². The van der Waals surface area contributed by atoms with Crippen molar-refractivity contribution in [1.29, 1.82) is 0 Å². The Bertz CT molecular complexity index is 1020. The second kappa shape index (κ2) is 10.5. The maximum Gasteiger partial charge on any atom is 0.243 e. The van der Waals surface area contributed by atoms with Gasteiger partial charge in [-0.2, -0.15) is 4.98 Å². The SMILES string of the molecule is CCc1nc(N)nc(N)c1-c1ccc(-c2cn(CCCCCCC(=O)NO)nn2)cc1. The Morgan fingerprint density at radius 2 is 1.77 bits per heavy atom. The van der Waals surface area contributed by atoms with Crippen LogP contribution in [0.5, 0.6) is 0 Å². The van der Waals surface area contributed by atoms with Gasteiger partial charge >= 0.3 is 0 Å². The number of nitrogens with one attached hydrogen (secondary N) is 1. The quantitative estimate of drug-likeness (QED) is 0.220. The monoisotopic (exact) mass is 424 g/mol. The third-order valence-corrected chi connectivity index (χ3v) is 5.04. The predicted molar refractivity (Wildman–Crippen MR) is 118 cm³/mol. The third-order valence-electron chi connectivity index (χ3n) is 5.04. The first kappa shape index (κ1) is 22.2. The van der Waals surface area contributed by atoms with Crippen molar-refractivity contribution in [2.24, 2.45) is 0 Å². The van der Waals surface area contributed by atoms with E-state index in [4.69, 9.17) is 16.7 Å². The lowest BCUT2D eigenvalue weighted by molar-refractivity contribution is -0.129. The lowest BCUT2D eigenvalue weighted by Crippen LogP contribution is -2.17. The molecule has 164 valence electrons. The minimum absolute atomic E-state index is 0.182. The molecule has 0 atom stereocenters. The summed E-state index contributed by atoms with van der Waals surface area (Å²) in [6, 6.07) is 7.90. The average molecular weight is 425 g/mol. The molecule has 0 aliphatic rings. The summed E-state index contributed by atoms with van der Waals surface area (Å²) in [7, 11) is 0. The maximum atomic E-state index is 11.0. The van der Waals surface area contributed by atoms with Crippen LogP contribution in [0.3, 0.4) is 0 Å². The number of anilines is 2. The number of rotatable bonds is 10. The van der Waals surface area contributed by atoms with Crippen molar-refractivity contribution in [2.75, 3.05) is 11.5 Å². The number of hydroxylamine groups is 1. The Balaban J connectivity index is 1.59. The van der Waals surface area contributed by atoms with Crippen LogP contribution in [-0.4, -0.2) is 36.1 Å². The molecule has 2 heterocycles. The number of unbranched alkanes of at least 4 members (excludes halogenated alkanes) is 3. The summed E-state index contributed by atoms with van der Waals surface area (Å²) < 4.78 is 1.82. The van der Waals surface area contributed by atoms with Gasteiger partial charge in [0, 0.05) is 24.1 Å². The molecule has 1 aromatic carbocycles. The Morgan fingerprint density at radius 1 is 1.06 bits per heavy atom. The summed E-state index contributed by atoms with van der Waals surface area (Å²) >= 11 is 0. The van der Waals surface area contributed by atoms with Gasteiger partial charge in [-0.05, 0) is 24.8 Å². The summed E-state index contributed by atoms with van der Waals surface area (Å²) in [5.74, 6) is 0.214. The van der Waals surface area contributed by atoms with E-state index in [1.807, 2.05) is 42.1 Å². The molecule has 1 amide bonds. The van der Waals surface area contributed by atoms with Gasteiger partial charge in [0.1, 0.15) is 11.5 Å². The van der Waals surface area contributed by atoms with Crippen molar-refractivity contribution in [3.05, 3.63) is 36.2 Å². The van der Waals surface area contributed by atoms with Crippen LogP contribution in [-0.2, 0) is 17.8 Å². The number of nitrogens with zero attached hydrogens (tertiary/aromatic N) is 5. The van der Waals surface area contributed by atoms with Gasteiger partial charge in [-0.3, -0.25) is 14.7 Å². The zero-order valence-electron chi connectivity index (χ0n) is 17.6. The lowest BCUT2D eigenvalue weighted by Gasteiger charge is -2.11. The van der Waals surface area contributed by atoms with Crippen LogP contribution in [0.2, 0.25) is 0 Å². The lowest BCUT2D eigenvalue weighted by atomic mass is 10.0. The Hall–Kier alpha value is -3.53. The van der Waals surface area contributed by atoms with Crippen molar-refractivity contribution in [1.82, 2.24) is 30.4 Å². The number of hydrogen-bond acceptors (Lipinski definition) is 8. The molecule has 0 saturated carbocycles. The number of carbonyl (C=O) groups is 1. The molecular weight excluding hydrogens is 396 g/mol. The fourth-order valence-corrected chi connectivity index (χ4v) is 3.43. The van der Waals surface area contributed by atoms with Crippen LogP contribution in [0.1, 0.15) is 44.7 Å². The van der Waals surface area contributed by atoms with E-state index in [0.717, 1.165) is 60.3 Å². The number of aromatic nitrogens is 5. The fraction of sp³-hybridized carbons (Fsp3) is 0.381. The normalized spacial score (nSPS) is 10.9. The molecule has 3 rings (SSSR count). The first-order valence-corrected chi connectivity index (χ1v) is 10.4. The fourth-order valence-electron chi connectivity index (χ4n) is 3.43. The summed E-state index contributed by atoms with van der Waals surface area (Å²) in [6.45, 7) is 2.76. The zero-order valence-corrected chi connectivity index (χ0v) is 17.6. The van der Waals surface area contributed by atoms with E-state index in [1.54, 1.807) is 5.48 Å². The standard InChI is InChI=1S/C21H28N8O2/c1-2-16-19(20(22)25-21(23)24-16)15-10-8-14(9-11-15)17-13-29(28-26-17)12-6-4-3-5-7-18(30)27-31/h8-11,13,31H,2-7,12H2,1H3,(H,27,30)(H4,22,23,24,25). The molecule has 0 aliphatic carbocycles. The molecule has 31 heavy (non-hydrogen) atoms. The molecule has 10 heteroatoms. The highest BCUT2D eigenvalue weighted by Crippen LogP contribution is 2.30. The molecule has 3 aromatic rings. The molecular formula is C21H28N8O2. The van der Waals surface area contributed by atoms with E-state index in [9.17, 15) is 4.79 Å². The summed E-state index contributed by atoms with van der Waals surface area (Å²) in [4.78, 5) is 19.4. The van der Waals surface area contributed by atoms with Crippen molar-refractivity contribution in [3.63, 3.8) is 0 Å². The van der Waals surface area contributed by atoms with Gasteiger partial charge in [-0.1, -0.05) is 49.2 Å². The van der Waals surface area contributed by atoms with Crippen LogP contribution < -0.4 is 16.9 Å². The van der Waals surface area contributed by atoms with E-state index in [1.165, 1.54) is 0 Å². The van der Waals surface area contributed by atoms with E-state index in [2.05, 4.69) is 20.3 Å². The van der Waals surface area contributed by atoms with Crippen LogP contribution >= 0.6 is 0 Å². The summed E-state index contributed by atoms with van der Waals surface area (Å²) in [5.41, 5.74) is 17.8. The highest BCUT2D eigenvalue weighted by atomic mass is 16.5. The van der Waals surface area contributed by atoms with E-state index in [0.29, 0.717) is 18.7 Å². The molecule has 0 bridgehead atoms. The molecule has 0 unspecified atom stereocenters. The number of aryl methyl sites for hydroxylation is 2. The molecule has 0 saturated heterocycles. The van der Waals surface area contributed by atoms with Crippen LogP contribution in [0, 0.1) is 0 Å². The van der Waals surface area contributed by atoms with Gasteiger partial charge in [0.15, 0.2) is 0 Å². The van der Waals surface area contributed by atoms with Gasteiger partial charge < -0.3 is 11.5 Å². The Labute approximate surface area is 180 Å². The minimum Gasteiger partial charge on any atom is -0.383 e.